The van der Waals surface area contributed by atoms with Crippen molar-refractivity contribution >= 4 is 11.9 Å². The molecule has 0 heterocycles. The van der Waals surface area contributed by atoms with E-state index in [1.807, 2.05) is 0 Å². The van der Waals surface area contributed by atoms with Crippen LogP contribution in [0.2, 0.25) is 0 Å². The number of unbranched alkanes of at least 4 members (excludes halogenated alkanes) is 3. The van der Waals surface area contributed by atoms with Crippen LogP contribution in [0.4, 0.5) is 4.79 Å². The summed E-state index contributed by atoms with van der Waals surface area (Å²) in [5.41, 5.74) is 0. The number of aliphatic hydroxyl groups excluding tert-OH is 4. The lowest BCUT2D eigenvalue weighted by Crippen LogP contribution is -2.42. The summed E-state index contributed by atoms with van der Waals surface area (Å²) in [6, 6.07) is -0.224. The molecule has 10 heteroatoms. The third-order valence-corrected chi connectivity index (χ3v) is 4.17. The van der Waals surface area contributed by atoms with E-state index < -0.39 is 0 Å². The van der Waals surface area contributed by atoms with Crippen LogP contribution >= 0.6 is 0 Å². The van der Waals surface area contributed by atoms with Crippen molar-refractivity contribution in [3.05, 3.63) is 0 Å². The lowest BCUT2D eigenvalue weighted by molar-refractivity contribution is -0.131. The first-order chi connectivity index (χ1) is 13.6. The molecular weight excluding hydrogens is 368 g/mol. The number of rotatable bonds is 18. The van der Waals surface area contributed by atoms with Crippen molar-refractivity contribution in [3.8, 4) is 0 Å². The Morgan fingerprint density at radius 1 is 0.643 bits per heavy atom. The minimum absolute atomic E-state index is 0.00966. The van der Waals surface area contributed by atoms with Crippen molar-refractivity contribution in [2.45, 2.75) is 32.1 Å². The molecule has 0 saturated heterocycles. The number of nitrogens with one attached hydrogen (secondary N) is 2. The first kappa shape index (κ1) is 26.5. The maximum absolute atomic E-state index is 12.0. The van der Waals surface area contributed by atoms with Gasteiger partial charge in [0.05, 0.1) is 26.4 Å². The first-order valence-corrected chi connectivity index (χ1v) is 10.0. The first-order valence-electron chi connectivity index (χ1n) is 10.0. The fourth-order valence-corrected chi connectivity index (χ4v) is 2.64. The van der Waals surface area contributed by atoms with Gasteiger partial charge in [-0.05, 0) is 25.8 Å². The summed E-state index contributed by atoms with van der Waals surface area (Å²) in [6.45, 7) is 2.23. The number of carbonyl (C=O) groups excluding carboxylic acids is 2. The van der Waals surface area contributed by atoms with Gasteiger partial charge in [0.2, 0.25) is 5.91 Å². The highest BCUT2D eigenvalue weighted by molar-refractivity contribution is 5.78. The average Bonchev–Trinajstić information content (AvgIpc) is 2.69. The molecule has 0 bridgehead atoms. The summed E-state index contributed by atoms with van der Waals surface area (Å²) in [7, 11) is 0. The number of carbonyl (C=O) groups is 2. The number of hydrogen-bond acceptors (Lipinski definition) is 7. The molecule has 0 aromatic carbocycles. The summed E-state index contributed by atoms with van der Waals surface area (Å²) in [6.07, 6.45) is 4.17. The van der Waals surface area contributed by atoms with Gasteiger partial charge in [0.15, 0.2) is 0 Å². The average molecular weight is 407 g/mol. The summed E-state index contributed by atoms with van der Waals surface area (Å²) in [4.78, 5) is 26.8. The molecule has 0 radical (unpaired) electrons. The van der Waals surface area contributed by atoms with E-state index in [0.717, 1.165) is 25.7 Å². The predicted octanol–water partition coefficient (Wildman–Crippen LogP) is -1.66. The second kappa shape index (κ2) is 18.9. The zero-order valence-electron chi connectivity index (χ0n) is 16.8. The van der Waals surface area contributed by atoms with Crippen LogP contribution < -0.4 is 10.6 Å². The minimum Gasteiger partial charge on any atom is -0.396 e. The third kappa shape index (κ3) is 13.7. The number of nitrogens with zero attached hydrogens (tertiary/aromatic N) is 2. The highest BCUT2D eigenvalue weighted by Gasteiger charge is 2.12. The predicted molar refractivity (Wildman–Crippen MR) is 106 cm³/mol. The van der Waals surface area contributed by atoms with E-state index in [2.05, 4.69) is 10.6 Å². The molecule has 0 saturated carbocycles. The van der Waals surface area contributed by atoms with Crippen LogP contribution in [0.25, 0.3) is 0 Å². The largest absolute Gasteiger partial charge is 0.396 e. The number of urea groups is 1. The highest BCUT2D eigenvalue weighted by Crippen LogP contribution is 1.99. The third-order valence-electron chi connectivity index (χ3n) is 4.17. The molecular formula is C18H38N4O6. The molecule has 0 aliphatic carbocycles. The van der Waals surface area contributed by atoms with Crippen molar-refractivity contribution in [2.75, 3.05) is 72.2 Å². The minimum atomic E-state index is -0.224. The normalized spacial score (nSPS) is 10.7. The fourth-order valence-electron chi connectivity index (χ4n) is 2.64. The van der Waals surface area contributed by atoms with Crippen LogP contribution in [-0.4, -0.2) is 114 Å². The van der Waals surface area contributed by atoms with Gasteiger partial charge >= 0.3 is 6.03 Å². The Bertz CT molecular complexity index is 394. The zero-order chi connectivity index (χ0) is 21.0. The Kier molecular flexibility index (Phi) is 17.9. The molecule has 166 valence electrons. The molecule has 0 fully saturated rings. The summed E-state index contributed by atoms with van der Waals surface area (Å²) < 4.78 is 0. The topological polar surface area (TPSA) is 146 Å². The van der Waals surface area contributed by atoms with E-state index in [9.17, 15) is 9.59 Å². The molecule has 0 unspecified atom stereocenters. The zero-order valence-corrected chi connectivity index (χ0v) is 16.8. The highest BCUT2D eigenvalue weighted by atomic mass is 16.3. The molecule has 0 aliphatic heterocycles. The van der Waals surface area contributed by atoms with E-state index in [0.29, 0.717) is 26.1 Å². The van der Waals surface area contributed by atoms with Crippen LogP contribution in [0.3, 0.4) is 0 Å². The van der Waals surface area contributed by atoms with E-state index >= 15 is 0 Å². The van der Waals surface area contributed by atoms with Gasteiger partial charge in [0.25, 0.3) is 0 Å². The number of hydrogen-bond donors (Lipinski definition) is 6. The Labute approximate surface area is 167 Å². The SMILES string of the molecule is O=C(CNCCCCCCNC(=O)N(CCO)CCCO)N(CCO)CCO. The van der Waals surface area contributed by atoms with Crippen LogP contribution in [0, 0.1) is 0 Å². The van der Waals surface area contributed by atoms with E-state index in [-0.39, 0.29) is 64.5 Å². The van der Waals surface area contributed by atoms with Gasteiger partial charge in [-0.2, -0.15) is 0 Å². The van der Waals surface area contributed by atoms with Gasteiger partial charge in [-0.15, -0.1) is 0 Å². The summed E-state index contributed by atoms with van der Waals surface area (Å²) in [5.74, 6) is -0.139. The Hall–Kier alpha value is -1.46. The Morgan fingerprint density at radius 3 is 1.79 bits per heavy atom. The van der Waals surface area contributed by atoms with Gasteiger partial charge in [-0.25, -0.2) is 4.79 Å². The second-order valence-corrected chi connectivity index (χ2v) is 6.44. The number of aliphatic hydroxyl groups is 4. The van der Waals surface area contributed by atoms with E-state index in [1.54, 1.807) is 0 Å². The van der Waals surface area contributed by atoms with Gasteiger partial charge in [0.1, 0.15) is 0 Å². The maximum atomic E-state index is 12.0. The quantitative estimate of drug-likeness (QED) is 0.149. The smallest absolute Gasteiger partial charge is 0.317 e. The molecule has 6 N–H and O–H groups in total. The Morgan fingerprint density at radius 2 is 1.21 bits per heavy atom. The lowest BCUT2D eigenvalue weighted by Gasteiger charge is -2.21. The molecule has 0 aliphatic rings. The fraction of sp³-hybridized carbons (Fsp3) is 0.889. The van der Waals surface area contributed by atoms with Crippen LogP contribution in [0.1, 0.15) is 32.1 Å². The molecule has 0 aromatic heterocycles. The maximum Gasteiger partial charge on any atom is 0.317 e. The molecule has 0 aromatic rings. The Balaban J connectivity index is 3.70. The second-order valence-electron chi connectivity index (χ2n) is 6.44. The van der Waals surface area contributed by atoms with E-state index in [1.165, 1.54) is 9.80 Å². The van der Waals surface area contributed by atoms with Crippen LogP contribution in [0.15, 0.2) is 0 Å². The van der Waals surface area contributed by atoms with Crippen molar-refractivity contribution < 1.29 is 30.0 Å². The van der Waals surface area contributed by atoms with Gasteiger partial charge in [-0.3, -0.25) is 4.79 Å². The van der Waals surface area contributed by atoms with Crippen molar-refractivity contribution in [1.29, 1.82) is 0 Å². The summed E-state index contributed by atoms with van der Waals surface area (Å²) >= 11 is 0. The van der Waals surface area contributed by atoms with Gasteiger partial charge < -0.3 is 40.9 Å². The molecule has 10 nitrogen and oxygen atoms in total. The molecule has 0 rings (SSSR count). The van der Waals surface area contributed by atoms with Gasteiger partial charge in [-0.1, -0.05) is 12.8 Å². The van der Waals surface area contributed by atoms with Crippen molar-refractivity contribution in [1.82, 2.24) is 20.4 Å². The molecule has 28 heavy (non-hydrogen) atoms. The number of amides is 3. The lowest BCUT2D eigenvalue weighted by atomic mass is 10.2. The molecule has 0 spiro atoms. The monoisotopic (exact) mass is 406 g/mol. The van der Waals surface area contributed by atoms with Gasteiger partial charge in [0, 0.05) is 39.3 Å². The van der Waals surface area contributed by atoms with Crippen LogP contribution in [-0.2, 0) is 4.79 Å². The van der Waals surface area contributed by atoms with Crippen molar-refractivity contribution in [2.24, 2.45) is 0 Å². The van der Waals surface area contributed by atoms with Crippen LogP contribution in [0.5, 0.6) is 0 Å². The van der Waals surface area contributed by atoms with E-state index in [4.69, 9.17) is 20.4 Å². The van der Waals surface area contributed by atoms with Crippen molar-refractivity contribution in [3.63, 3.8) is 0 Å². The summed E-state index contributed by atoms with van der Waals surface area (Å²) in [5, 5.41) is 41.5. The molecule has 0 atom stereocenters. The standard InChI is InChI=1S/C18H38N4O6/c23-12-5-8-22(11-15-26)18(28)20-7-4-2-1-3-6-19-16-17(27)21(9-13-24)10-14-25/h19,23-26H,1-16H2,(H,20,28). The molecule has 3 amide bonds.